The predicted molar refractivity (Wildman–Crippen MR) is 11.1 cm³/mol. The number of hydrogen-bond donors (Lipinski definition) is 0. The van der Waals surface area contributed by atoms with Gasteiger partial charge in [0.1, 0.15) is 7.85 Å². The summed E-state index contributed by atoms with van der Waals surface area (Å²) in [4.78, 5) is 8.67. The standard InChI is InChI=1S/CHBO2.Na/c2-1(3)4;/h(H,3,4);/q;+1/p-1. The van der Waals surface area contributed by atoms with E-state index < -0.39 is 5.87 Å². The SMILES string of the molecule is [B]C(=O)[O-].[Na+]. The molecule has 0 saturated carbocycles. The van der Waals surface area contributed by atoms with Gasteiger partial charge >= 0.3 is 29.6 Å². The quantitative estimate of drug-likeness (QED) is 0.274. The summed E-state index contributed by atoms with van der Waals surface area (Å²) in [7, 11) is 3.92. The van der Waals surface area contributed by atoms with Crippen molar-refractivity contribution in [2.45, 2.75) is 0 Å². The predicted octanol–water partition coefficient (Wildman–Crippen LogP) is -4.50. The summed E-state index contributed by atoms with van der Waals surface area (Å²) >= 11 is 0. The Labute approximate surface area is 53.3 Å². The number of carbonyl (C=O) groups is 1. The van der Waals surface area contributed by atoms with E-state index in [1.54, 1.807) is 0 Å². The van der Waals surface area contributed by atoms with Crippen molar-refractivity contribution in [2.24, 2.45) is 0 Å². The van der Waals surface area contributed by atoms with Crippen molar-refractivity contribution in [3.8, 4) is 0 Å². The van der Waals surface area contributed by atoms with Crippen LogP contribution in [0.15, 0.2) is 0 Å². The normalized spacial score (nSPS) is 4.80. The molecule has 0 heterocycles. The van der Waals surface area contributed by atoms with E-state index in [-0.39, 0.29) is 29.6 Å². The van der Waals surface area contributed by atoms with Crippen molar-refractivity contribution in [1.29, 1.82) is 0 Å². The molecule has 0 rings (SSSR count). The third kappa shape index (κ3) is 102. The Kier molecular flexibility index (Phi) is 8.26. The molecule has 0 aliphatic heterocycles. The molecule has 0 amide bonds. The second kappa shape index (κ2) is 4.53. The fourth-order valence-corrected chi connectivity index (χ4v) is 0. The van der Waals surface area contributed by atoms with Gasteiger partial charge in [0.05, 0.1) is 0 Å². The topological polar surface area (TPSA) is 40.1 Å². The van der Waals surface area contributed by atoms with Crippen molar-refractivity contribution < 1.29 is 39.5 Å². The van der Waals surface area contributed by atoms with Crippen LogP contribution in [0.4, 0.5) is 4.79 Å². The molecule has 0 N–H and O–H groups in total. The first-order valence-corrected chi connectivity index (χ1v) is 0.697. The Morgan fingerprint density at radius 1 is 1.80 bits per heavy atom. The van der Waals surface area contributed by atoms with Crippen LogP contribution in [0.5, 0.6) is 0 Å². The monoisotopic (exact) mass is 78.0 g/mol. The fraction of sp³-hybridized carbons (Fsp3) is 0. The van der Waals surface area contributed by atoms with E-state index in [1.807, 2.05) is 0 Å². The maximum atomic E-state index is 8.67. The van der Waals surface area contributed by atoms with Crippen LogP contribution in [-0.4, -0.2) is 13.7 Å². The van der Waals surface area contributed by atoms with Gasteiger partial charge in [0, 0.05) is 0 Å². The van der Waals surface area contributed by atoms with Gasteiger partial charge in [-0.05, 0) is 5.87 Å². The maximum absolute atomic E-state index is 8.67. The molecule has 20 valence electrons. The Morgan fingerprint density at radius 3 is 1.80 bits per heavy atom. The van der Waals surface area contributed by atoms with E-state index in [1.165, 1.54) is 0 Å². The summed E-state index contributed by atoms with van der Waals surface area (Å²) in [5, 5.41) is 8.67. The van der Waals surface area contributed by atoms with Crippen molar-refractivity contribution in [1.82, 2.24) is 0 Å². The third-order valence-corrected chi connectivity index (χ3v) is 0. The summed E-state index contributed by atoms with van der Waals surface area (Å²) in [5.74, 6) is -1.58. The van der Waals surface area contributed by atoms with Crippen molar-refractivity contribution in [3.05, 3.63) is 0 Å². The fourth-order valence-electron chi connectivity index (χ4n) is 0. The van der Waals surface area contributed by atoms with Crippen molar-refractivity contribution in [3.63, 3.8) is 0 Å². The summed E-state index contributed by atoms with van der Waals surface area (Å²) in [6, 6.07) is 0. The summed E-state index contributed by atoms with van der Waals surface area (Å²) < 4.78 is 0. The first-order valence-electron chi connectivity index (χ1n) is 0.697. The van der Waals surface area contributed by atoms with E-state index in [2.05, 4.69) is 7.85 Å². The van der Waals surface area contributed by atoms with Crippen LogP contribution >= 0.6 is 0 Å². The van der Waals surface area contributed by atoms with E-state index >= 15 is 0 Å². The zero-order valence-electron chi connectivity index (χ0n) is 2.89. The first kappa shape index (κ1) is 9.11. The van der Waals surface area contributed by atoms with E-state index in [0.717, 1.165) is 0 Å². The molecule has 0 unspecified atom stereocenters. The van der Waals surface area contributed by atoms with Gasteiger partial charge < -0.3 is 9.90 Å². The van der Waals surface area contributed by atoms with Crippen LogP contribution < -0.4 is 34.7 Å². The van der Waals surface area contributed by atoms with Gasteiger partial charge in [-0.1, -0.05) is 0 Å². The molecule has 0 aliphatic carbocycles. The zero-order chi connectivity index (χ0) is 3.58. The Bertz CT molecular complexity index is 32.6. The molecule has 0 atom stereocenters. The van der Waals surface area contributed by atoms with Gasteiger partial charge in [-0.25, -0.2) is 0 Å². The minimum Gasteiger partial charge on any atom is -0.562 e. The molecule has 2 radical (unpaired) electrons. The third-order valence-electron chi connectivity index (χ3n) is 0. The minimum absolute atomic E-state index is 0. The summed E-state index contributed by atoms with van der Waals surface area (Å²) in [5.41, 5.74) is 0. The van der Waals surface area contributed by atoms with Gasteiger partial charge in [-0.3, -0.25) is 0 Å². The number of carboxylic acid groups (broad SMARTS) is 1. The molecule has 0 aromatic rings. The zero-order valence-corrected chi connectivity index (χ0v) is 4.89. The molecular weight excluding hydrogens is 77.8 g/mol. The molecule has 0 spiro atoms. The van der Waals surface area contributed by atoms with Crippen LogP contribution in [0.1, 0.15) is 0 Å². The Morgan fingerprint density at radius 2 is 1.80 bits per heavy atom. The smallest absolute Gasteiger partial charge is 0.562 e. The van der Waals surface area contributed by atoms with E-state index in [0.29, 0.717) is 0 Å². The molecule has 0 aliphatic rings. The van der Waals surface area contributed by atoms with Crippen LogP contribution in [-0.2, 0) is 0 Å². The maximum Gasteiger partial charge on any atom is 1.00 e. The average Bonchev–Trinajstić information content (AvgIpc) is 0.811. The van der Waals surface area contributed by atoms with E-state index in [4.69, 9.17) is 9.90 Å². The van der Waals surface area contributed by atoms with Crippen LogP contribution in [0.2, 0.25) is 0 Å². The molecule has 0 bridgehead atoms. The largest absolute Gasteiger partial charge is 1.00 e. The van der Waals surface area contributed by atoms with Gasteiger partial charge in [0.15, 0.2) is 0 Å². The molecule has 0 saturated heterocycles. The molecule has 2 nitrogen and oxygen atoms in total. The molecular formula is CBNaO2. The van der Waals surface area contributed by atoms with Gasteiger partial charge in [-0.15, -0.1) is 0 Å². The molecule has 0 aromatic heterocycles. The number of hydrogen-bond acceptors (Lipinski definition) is 2. The molecule has 0 fully saturated rings. The van der Waals surface area contributed by atoms with Gasteiger partial charge in [0.25, 0.3) is 0 Å². The second-order valence-electron chi connectivity index (χ2n) is 0.319. The van der Waals surface area contributed by atoms with Crippen LogP contribution in [0, 0.1) is 0 Å². The Balaban J connectivity index is 0. The van der Waals surface area contributed by atoms with Gasteiger partial charge in [-0.2, -0.15) is 0 Å². The summed E-state index contributed by atoms with van der Waals surface area (Å²) in [6.07, 6.45) is 0. The Hall–Kier alpha value is 0.535. The van der Waals surface area contributed by atoms with Crippen LogP contribution in [0.25, 0.3) is 0 Å². The second-order valence-corrected chi connectivity index (χ2v) is 0.319. The number of carbonyl (C=O) groups excluding carboxylic acids is 1. The number of rotatable bonds is 0. The van der Waals surface area contributed by atoms with Crippen molar-refractivity contribution in [2.75, 3.05) is 0 Å². The summed E-state index contributed by atoms with van der Waals surface area (Å²) in [6.45, 7) is 0. The van der Waals surface area contributed by atoms with E-state index in [9.17, 15) is 0 Å². The average molecular weight is 77.8 g/mol. The first-order chi connectivity index (χ1) is 1.73. The molecule has 4 heteroatoms. The molecule has 0 aromatic carbocycles. The van der Waals surface area contributed by atoms with Gasteiger partial charge in [0.2, 0.25) is 0 Å². The van der Waals surface area contributed by atoms with Crippen LogP contribution in [0.3, 0.4) is 0 Å². The minimum atomic E-state index is -1.58. The molecule has 5 heavy (non-hydrogen) atoms. The van der Waals surface area contributed by atoms with Crippen molar-refractivity contribution >= 4 is 13.7 Å².